The van der Waals surface area contributed by atoms with Crippen molar-refractivity contribution >= 4 is 5.97 Å². The number of esters is 1. The summed E-state index contributed by atoms with van der Waals surface area (Å²) < 4.78 is 5.26. The van der Waals surface area contributed by atoms with Crippen LogP contribution < -0.4 is 5.32 Å². The summed E-state index contributed by atoms with van der Waals surface area (Å²) in [6.45, 7) is 9.66. The van der Waals surface area contributed by atoms with Gasteiger partial charge in [-0.05, 0) is 53.0 Å². The highest BCUT2D eigenvalue weighted by molar-refractivity contribution is 5.80. The van der Waals surface area contributed by atoms with E-state index in [2.05, 4.69) is 31.1 Å². The molecule has 0 heterocycles. The Kier molecular flexibility index (Phi) is 6.96. The highest BCUT2D eigenvalue weighted by Crippen LogP contribution is 2.25. The van der Waals surface area contributed by atoms with Crippen LogP contribution in [0.15, 0.2) is 0 Å². The molecule has 0 aromatic rings. The van der Waals surface area contributed by atoms with Crippen LogP contribution in [0.2, 0.25) is 0 Å². The van der Waals surface area contributed by atoms with Crippen LogP contribution in [0, 0.1) is 0 Å². The zero-order chi connectivity index (χ0) is 15.2. The van der Waals surface area contributed by atoms with Crippen LogP contribution in [0.25, 0.3) is 0 Å². The second-order valence-electron chi connectivity index (χ2n) is 6.17. The highest BCUT2D eigenvalue weighted by Gasteiger charge is 2.39. The molecule has 4 heteroatoms. The van der Waals surface area contributed by atoms with E-state index in [-0.39, 0.29) is 5.97 Å². The number of ether oxygens (including phenoxy) is 1. The minimum Gasteiger partial charge on any atom is -0.465 e. The lowest BCUT2D eigenvalue weighted by Crippen LogP contribution is -2.53. The highest BCUT2D eigenvalue weighted by atomic mass is 16.5. The quantitative estimate of drug-likeness (QED) is 0.626. The fourth-order valence-electron chi connectivity index (χ4n) is 2.70. The van der Waals surface area contributed by atoms with Crippen LogP contribution in [0.3, 0.4) is 0 Å². The number of nitrogens with one attached hydrogen (secondary N) is 1. The van der Waals surface area contributed by atoms with Crippen LogP contribution in [0.1, 0.15) is 59.8 Å². The molecule has 118 valence electrons. The summed E-state index contributed by atoms with van der Waals surface area (Å²) in [4.78, 5) is 14.6. The number of nitrogens with zero attached hydrogens (tertiary/aromatic N) is 1. The van der Waals surface area contributed by atoms with Crippen molar-refractivity contribution in [2.45, 2.75) is 77.4 Å². The third-order valence-corrected chi connectivity index (χ3v) is 4.36. The molecule has 1 saturated carbocycles. The number of hydrogen-bond acceptors (Lipinski definition) is 4. The molecule has 1 aliphatic carbocycles. The molecule has 0 saturated heterocycles. The molecular formula is C16H32N2O2. The Hall–Kier alpha value is -0.610. The van der Waals surface area contributed by atoms with E-state index in [1.54, 1.807) is 0 Å². The van der Waals surface area contributed by atoms with Gasteiger partial charge in [-0.3, -0.25) is 10.1 Å². The molecule has 0 aliphatic heterocycles. The van der Waals surface area contributed by atoms with E-state index in [9.17, 15) is 4.79 Å². The molecule has 1 atom stereocenters. The van der Waals surface area contributed by atoms with Crippen molar-refractivity contribution < 1.29 is 9.53 Å². The van der Waals surface area contributed by atoms with Gasteiger partial charge in [-0.2, -0.15) is 0 Å². The van der Waals surface area contributed by atoms with E-state index < -0.39 is 5.54 Å². The summed E-state index contributed by atoms with van der Waals surface area (Å²) in [5.41, 5.74) is -0.544. The van der Waals surface area contributed by atoms with E-state index in [0.29, 0.717) is 18.7 Å². The summed E-state index contributed by atoms with van der Waals surface area (Å²) in [6, 6.07) is 1.10. The Morgan fingerprint density at radius 3 is 2.40 bits per heavy atom. The topological polar surface area (TPSA) is 41.6 Å². The summed E-state index contributed by atoms with van der Waals surface area (Å²) in [5, 5.41) is 3.48. The van der Waals surface area contributed by atoms with E-state index in [1.165, 1.54) is 12.8 Å². The summed E-state index contributed by atoms with van der Waals surface area (Å²) in [5.74, 6) is -0.107. The van der Waals surface area contributed by atoms with Crippen LogP contribution in [0.5, 0.6) is 0 Å². The first-order valence-electron chi connectivity index (χ1n) is 8.12. The van der Waals surface area contributed by atoms with Crippen molar-refractivity contribution in [3.8, 4) is 0 Å². The Morgan fingerprint density at radius 1 is 1.35 bits per heavy atom. The molecule has 1 unspecified atom stereocenters. The molecule has 0 aromatic heterocycles. The summed E-state index contributed by atoms with van der Waals surface area (Å²) in [6.07, 6.45) is 5.46. The molecule has 0 spiro atoms. The smallest absolute Gasteiger partial charge is 0.326 e. The van der Waals surface area contributed by atoms with Gasteiger partial charge in [-0.15, -0.1) is 0 Å². The predicted octanol–water partition coefficient (Wildman–Crippen LogP) is 2.57. The van der Waals surface area contributed by atoms with Gasteiger partial charge in [0.05, 0.1) is 6.61 Å². The molecule has 1 rings (SSSR count). The van der Waals surface area contributed by atoms with Crippen LogP contribution in [0.4, 0.5) is 0 Å². The molecule has 0 radical (unpaired) electrons. The van der Waals surface area contributed by atoms with Crippen LogP contribution in [-0.4, -0.2) is 48.7 Å². The second kappa shape index (κ2) is 7.99. The van der Waals surface area contributed by atoms with Crippen LogP contribution >= 0.6 is 0 Å². The maximum Gasteiger partial charge on any atom is 0.326 e. The van der Waals surface area contributed by atoms with Gasteiger partial charge < -0.3 is 9.64 Å². The first-order valence-corrected chi connectivity index (χ1v) is 8.12. The standard InChI is InChI=1S/C16H32N2O2/c1-6-14(7-2)18(5)12-11-16(4,15(19)20-8-3)17-13-9-10-13/h13-14,17H,6-12H2,1-5H3. The largest absolute Gasteiger partial charge is 0.465 e. The van der Waals surface area contributed by atoms with Gasteiger partial charge in [0.2, 0.25) is 0 Å². The average molecular weight is 284 g/mol. The van der Waals surface area contributed by atoms with Gasteiger partial charge in [-0.25, -0.2) is 0 Å². The average Bonchev–Trinajstić information content (AvgIpc) is 3.22. The Labute approximate surface area is 124 Å². The van der Waals surface area contributed by atoms with Gasteiger partial charge >= 0.3 is 5.97 Å². The second-order valence-corrected chi connectivity index (χ2v) is 6.17. The Morgan fingerprint density at radius 2 is 1.95 bits per heavy atom. The van der Waals surface area contributed by atoms with E-state index >= 15 is 0 Å². The van der Waals surface area contributed by atoms with E-state index in [0.717, 1.165) is 25.8 Å². The molecule has 0 aromatic carbocycles. The van der Waals surface area contributed by atoms with Crippen molar-refractivity contribution in [1.29, 1.82) is 0 Å². The first kappa shape index (κ1) is 17.4. The lowest BCUT2D eigenvalue weighted by molar-refractivity contribution is -0.151. The zero-order valence-corrected chi connectivity index (χ0v) is 13.9. The Bertz CT molecular complexity index is 301. The van der Waals surface area contributed by atoms with Gasteiger partial charge in [-0.1, -0.05) is 13.8 Å². The first-order chi connectivity index (χ1) is 9.46. The maximum absolute atomic E-state index is 12.2. The fraction of sp³-hybridized carbons (Fsp3) is 0.938. The number of rotatable bonds is 10. The third-order valence-electron chi connectivity index (χ3n) is 4.36. The lowest BCUT2D eigenvalue weighted by atomic mass is 9.96. The molecule has 0 bridgehead atoms. The molecule has 1 fully saturated rings. The monoisotopic (exact) mass is 284 g/mol. The Balaban J connectivity index is 2.57. The van der Waals surface area contributed by atoms with Crippen molar-refractivity contribution in [3.63, 3.8) is 0 Å². The number of hydrogen-bond donors (Lipinski definition) is 1. The molecule has 1 N–H and O–H groups in total. The minimum absolute atomic E-state index is 0.107. The number of carbonyl (C=O) groups excluding carboxylic acids is 1. The molecular weight excluding hydrogens is 252 g/mol. The van der Waals surface area contributed by atoms with E-state index in [1.807, 2.05) is 13.8 Å². The summed E-state index contributed by atoms with van der Waals surface area (Å²) >= 11 is 0. The molecule has 20 heavy (non-hydrogen) atoms. The van der Waals surface area contributed by atoms with Gasteiger partial charge in [0.25, 0.3) is 0 Å². The normalized spacial score (nSPS) is 18.4. The lowest BCUT2D eigenvalue weighted by Gasteiger charge is -2.33. The molecule has 1 aliphatic rings. The summed E-state index contributed by atoms with van der Waals surface area (Å²) in [7, 11) is 2.15. The minimum atomic E-state index is -0.544. The predicted molar refractivity (Wildman–Crippen MR) is 82.8 cm³/mol. The zero-order valence-electron chi connectivity index (χ0n) is 13.9. The SMILES string of the molecule is CCOC(=O)C(C)(CCN(C)C(CC)CC)NC1CC1. The molecule has 4 nitrogen and oxygen atoms in total. The van der Waals surface area contributed by atoms with Crippen molar-refractivity contribution in [1.82, 2.24) is 10.2 Å². The van der Waals surface area contributed by atoms with Crippen molar-refractivity contribution in [2.24, 2.45) is 0 Å². The van der Waals surface area contributed by atoms with Crippen molar-refractivity contribution in [2.75, 3.05) is 20.2 Å². The van der Waals surface area contributed by atoms with Gasteiger partial charge in [0, 0.05) is 18.6 Å². The van der Waals surface area contributed by atoms with Gasteiger partial charge in [0.15, 0.2) is 0 Å². The third kappa shape index (κ3) is 5.06. The maximum atomic E-state index is 12.2. The van der Waals surface area contributed by atoms with E-state index in [4.69, 9.17) is 4.74 Å². The number of carbonyl (C=O) groups is 1. The van der Waals surface area contributed by atoms with Crippen molar-refractivity contribution in [3.05, 3.63) is 0 Å². The fourth-order valence-corrected chi connectivity index (χ4v) is 2.70. The van der Waals surface area contributed by atoms with Crippen LogP contribution in [-0.2, 0) is 9.53 Å². The molecule has 0 amide bonds. The van der Waals surface area contributed by atoms with Gasteiger partial charge in [0.1, 0.15) is 5.54 Å².